The molecule has 0 bridgehead atoms. The van der Waals surface area contributed by atoms with Crippen molar-refractivity contribution in [3.8, 4) is 5.75 Å². The Bertz CT molecular complexity index is 363. The Labute approximate surface area is 101 Å². The van der Waals surface area contributed by atoms with Crippen LogP contribution in [-0.2, 0) is 6.42 Å². The summed E-state index contributed by atoms with van der Waals surface area (Å²) in [4.78, 5) is 0. The summed E-state index contributed by atoms with van der Waals surface area (Å²) in [5, 5.41) is 0. The average Bonchev–Trinajstić information content (AvgIpc) is 2.21. The zero-order chi connectivity index (χ0) is 12.3. The zero-order valence-electron chi connectivity index (χ0n) is 10.1. The van der Waals surface area contributed by atoms with Gasteiger partial charge in [-0.05, 0) is 18.8 Å². The van der Waals surface area contributed by atoms with Gasteiger partial charge in [0.2, 0.25) is 0 Å². The van der Waals surface area contributed by atoms with E-state index in [9.17, 15) is 8.78 Å². The molecule has 3 heteroatoms. The third kappa shape index (κ3) is 2.96. The summed E-state index contributed by atoms with van der Waals surface area (Å²) in [6.45, 7) is 2.29. The van der Waals surface area contributed by atoms with E-state index in [1.165, 1.54) is 31.4 Å². The predicted molar refractivity (Wildman–Crippen MR) is 63.2 cm³/mol. The quantitative estimate of drug-likeness (QED) is 0.753. The minimum Gasteiger partial charge on any atom is -0.493 e. The molecule has 1 aliphatic carbocycles. The Kier molecular flexibility index (Phi) is 3.97. The molecule has 94 valence electrons. The van der Waals surface area contributed by atoms with Gasteiger partial charge in [0.15, 0.2) is 0 Å². The number of benzene rings is 1. The van der Waals surface area contributed by atoms with Gasteiger partial charge in [-0.25, -0.2) is 8.78 Å². The van der Waals surface area contributed by atoms with Crippen molar-refractivity contribution in [2.75, 3.05) is 6.61 Å². The summed E-state index contributed by atoms with van der Waals surface area (Å²) in [6.07, 6.45) is 5.18. The van der Waals surface area contributed by atoms with Crippen LogP contribution in [0.4, 0.5) is 8.78 Å². The molecule has 17 heavy (non-hydrogen) atoms. The van der Waals surface area contributed by atoms with E-state index in [1.807, 2.05) is 0 Å². The largest absolute Gasteiger partial charge is 0.493 e. The van der Waals surface area contributed by atoms with Crippen molar-refractivity contribution in [2.45, 2.75) is 39.0 Å². The Morgan fingerprint density at radius 1 is 1.24 bits per heavy atom. The molecule has 2 rings (SSSR count). The van der Waals surface area contributed by atoms with Crippen LogP contribution in [0.5, 0.6) is 5.75 Å². The minimum atomic E-state index is -0.508. The molecule has 0 spiro atoms. The van der Waals surface area contributed by atoms with E-state index in [2.05, 4.69) is 0 Å². The first-order valence-corrected chi connectivity index (χ1v) is 6.31. The van der Waals surface area contributed by atoms with Crippen LogP contribution in [0.15, 0.2) is 12.1 Å². The standard InChI is InChI=1S/C14H18F2O/c1-2-12-13(15)8-11(9-14(12)16)17-7-6-10-4-3-5-10/h8-10H,2-7H2,1H3. The molecular weight excluding hydrogens is 222 g/mol. The van der Waals surface area contributed by atoms with Crippen molar-refractivity contribution in [3.05, 3.63) is 29.3 Å². The third-order valence-electron chi connectivity index (χ3n) is 3.49. The van der Waals surface area contributed by atoms with Crippen LogP contribution < -0.4 is 4.74 Å². The molecule has 1 fully saturated rings. The molecule has 0 heterocycles. The van der Waals surface area contributed by atoms with E-state index < -0.39 is 11.6 Å². The molecular formula is C14H18F2O. The highest BCUT2D eigenvalue weighted by molar-refractivity contribution is 5.30. The monoisotopic (exact) mass is 240 g/mol. The second kappa shape index (κ2) is 5.48. The molecule has 1 aliphatic rings. The van der Waals surface area contributed by atoms with Crippen molar-refractivity contribution in [3.63, 3.8) is 0 Å². The summed E-state index contributed by atoms with van der Waals surface area (Å²) in [5.41, 5.74) is 0.136. The molecule has 0 unspecified atom stereocenters. The Morgan fingerprint density at radius 3 is 2.35 bits per heavy atom. The normalized spacial score (nSPS) is 15.7. The Balaban J connectivity index is 1.91. The molecule has 0 amide bonds. The van der Waals surface area contributed by atoms with E-state index >= 15 is 0 Å². The van der Waals surface area contributed by atoms with Gasteiger partial charge in [0, 0.05) is 17.7 Å². The number of halogens is 2. The zero-order valence-corrected chi connectivity index (χ0v) is 10.1. The van der Waals surface area contributed by atoms with Crippen LogP contribution in [0, 0.1) is 17.6 Å². The molecule has 0 atom stereocenters. The maximum Gasteiger partial charge on any atom is 0.132 e. The van der Waals surface area contributed by atoms with Crippen molar-refractivity contribution in [1.82, 2.24) is 0 Å². The molecule has 0 saturated heterocycles. The number of hydrogen-bond donors (Lipinski definition) is 0. The van der Waals surface area contributed by atoms with E-state index in [0.29, 0.717) is 18.8 Å². The highest BCUT2D eigenvalue weighted by Crippen LogP contribution is 2.29. The molecule has 1 saturated carbocycles. The topological polar surface area (TPSA) is 9.23 Å². The smallest absolute Gasteiger partial charge is 0.132 e. The van der Waals surface area contributed by atoms with Crippen LogP contribution in [-0.4, -0.2) is 6.61 Å². The first-order chi connectivity index (χ1) is 8.20. The van der Waals surface area contributed by atoms with Gasteiger partial charge in [0.25, 0.3) is 0 Å². The minimum absolute atomic E-state index is 0.136. The Hall–Kier alpha value is -1.12. The lowest BCUT2D eigenvalue weighted by atomic mass is 9.83. The first-order valence-electron chi connectivity index (χ1n) is 6.31. The fourth-order valence-corrected chi connectivity index (χ4v) is 2.13. The number of hydrogen-bond acceptors (Lipinski definition) is 1. The van der Waals surface area contributed by atoms with Gasteiger partial charge in [-0.2, -0.15) is 0 Å². The summed E-state index contributed by atoms with van der Waals surface area (Å²) in [6, 6.07) is 2.56. The van der Waals surface area contributed by atoms with Gasteiger partial charge in [-0.1, -0.05) is 26.2 Å². The fourth-order valence-electron chi connectivity index (χ4n) is 2.13. The van der Waals surface area contributed by atoms with Crippen molar-refractivity contribution in [2.24, 2.45) is 5.92 Å². The lowest BCUT2D eigenvalue weighted by Crippen LogP contribution is -2.14. The van der Waals surface area contributed by atoms with Gasteiger partial charge in [-0.3, -0.25) is 0 Å². The summed E-state index contributed by atoms with van der Waals surface area (Å²) < 4.78 is 32.3. The number of ether oxygens (including phenoxy) is 1. The van der Waals surface area contributed by atoms with Crippen LogP contribution in [0.3, 0.4) is 0 Å². The summed E-state index contributed by atoms with van der Waals surface area (Å²) in [7, 11) is 0. The lowest BCUT2D eigenvalue weighted by molar-refractivity contribution is 0.221. The van der Waals surface area contributed by atoms with Crippen molar-refractivity contribution in [1.29, 1.82) is 0 Å². The highest BCUT2D eigenvalue weighted by atomic mass is 19.1. The van der Waals surface area contributed by atoms with E-state index in [-0.39, 0.29) is 5.56 Å². The second-order valence-electron chi connectivity index (χ2n) is 4.65. The van der Waals surface area contributed by atoms with Gasteiger partial charge >= 0.3 is 0 Å². The second-order valence-corrected chi connectivity index (χ2v) is 4.65. The molecule has 1 nitrogen and oxygen atoms in total. The van der Waals surface area contributed by atoms with Crippen LogP contribution >= 0.6 is 0 Å². The fraction of sp³-hybridized carbons (Fsp3) is 0.571. The van der Waals surface area contributed by atoms with Crippen LogP contribution in [0.25, 0.3) is 0 Å². The molecule has 0 radical (unpaired) electrons. The summed E-state index contributed by atoms with van der Waals surface area (Å²) in [5.74, 6) is 0.0356. The van der Waals surface area contributed by atoms with Crippen LogP contribution in [0.2, 0.25) is 0 Å². The third-order valence-corrected chi connectivity index (χ3v) is 3.49. The number of rotatable bonds is 5. The first kappa shape index (κ1) is 12.3. The highest BCUT2D eigenvalue weighted by Gasteiger charge is 2.17. The predicted octanol–water partition coefficient (Wildman–Crippen LogP) is 4.10. The van der Waals surface area contributed by atoms with Crippen molar-refractivity contribution < 1.29 is 13.5 Å². The molecule has 0 N–H and O–H groups in total. The molecule has 0 aromatic heterocycles. The molecule has 0 aliphatic heterocycles. The van der Waals surface area contributed by atoms with Gasteiger partial charge < -0.3 is 4.74 Å². The lowest BCUT2D eigenvalue weighted by Gasteiger charge is -2.25. The molecule has 1 aromatic carbocycles. The van der Waals surface area contributed by atoms with Gasteiger partial charge in [-0.15, -0.1) is 0 Å². The summed E-state index contributed by atoms with van der Waals surface area (Å²) >= 11 is 0. The maximum absolute atomic E-state index is 13.5. The van der Waals surface area contributed by atoms with Crippen LogP contribution in [0.1, 0.15) is 38.2 Å². The van der Waals surface area contributed by atoms with E-state index in [4.69, 9.17) is 4.74 Å². The van der Waals surface area contributed by atoms with Crippen molar-refractivity contribution >= 4 is 0 Å². The molecule has 1 aromatic rings. The van der Waals surface area contributed by atoms with E-state index in [1.54, 1.807) is 6.92 Å². The average molecular weight is 240 g/mol. The Morgan fingerprint density at radius 2 is 1.88 bits per heavy atom. The van der Waals surface area contributed by atoms with E-state index in [0.717, 1.165) is 12.3 Å². The SMILES string of the molecule is CCc1c(F)cc(OCCC2CCC2)cc1F. The van der Waals surface area contributed by atoms with Gasteiger partial charge in [0.1, 0.15) is 17.4 Å². The maximum atomic E-state index is 13.5. The van der Waals surface area contributed by atoms with Gasteiger partial charge in [0.05, 0.1) is 6.61 Å².